The van der Waals surface area contributed by atoms with E-state index in [-0.39, 0.29) is 5.41 Å². The van der Waals surface area contributed by atoms with E-state index in [1.165, 1.54) is 19.3 Å². The highest BCUT2D eigenvalue weighted by Gasteiger charge is 2.58. The van der Waals surface area contributed by atoms with E-state index in [1.807, 2.05) is 13.8 Å². The fraction of sp³-hybridized carbons (Fsp3) is 0.882. The maximum atomic E-state index is 12.0. The topological polar surface area (TPSA) is 72.8 Å². The van der Waals surface area contributed by atoms with Gasteiger partial charge in [-0.1, -0.05) is 0 Å². The summed E-state index contributed by atoms with van der Waals surface area (Å²) in [6.45, 7) is 2.87. The molecule has 4 bridgehead atoms. The molecule has 0 spiro atoms. The van der Waals surface area contributed by atoms with Gasteiger partial charge in [0.25, 0.3) is 0 Å². The largest absolute Gasteiger partial charge is 0.457 e. The molecule has 4 saturated carbocycles. The number of carbonyl (C=O) groups is 2. The molecule has 0 unspecified atom stereocenters. The van der Waals surface area contributed by atoms with Crippen molar-refractivity contribution in [2.75, 3.05) is 13.2 Å². The lowest BCUT2D eigenvalue weighted by atomic mass is 9.46. The predicted molar refractivity (Wildman–Crippen MR) is 78.8 cm³/mol. The second kappa shape index (κ2) is 5.52. The van der Waals surface area contributed by atoms with Crippen LogP contribution >= 0.6 is 0 Å². The molecule has 4 aliphatic carbocycles. The van der Waals surface area contributed by atoms with Gasteiger partial charge in [0.15, 0.2) is 6.61 Å². The first-order valence-electron chi connectivity index (χ1n) is 8.32. The lowest BCUT2D eigenvalue weighted by Gasteiger charge is -2.61. The zero-order chi connectivity index (χ0) is 16.0. The van der Waals surface area contributed by atoms with Crippen LogP contribution in [0.2, 0.25) is 0 Å². The minimum Gasteiger partial charge on any atom is -0.457 e. The summed E-state index contributed by atoms with van der Waals surface area (Å²) in [7, 11) is 0. The summed E-state index contributed by atoms with van der Waals surface area (Å²) in [4.78, 5) is 22.9. The summed E-state index contributed by atoms with van der Waals surface area (Å²) < 4.78 is 10.4. The Labute approximate surface area is 131 Å². The summed E-state index contributed by atoms with van der Waals surface area (Å²) in [6.07, 6.45) is 7.48. The van der Waals surface area contributed by atoms with Crippen molar-refractivity contribution in [1.82, 2.24) is 0 Å². The number of aliphatic hydroxyl groups is 1. The summed E-state index contributed by atoms with van der Waals surface area (Å²) >= 11 is 0. The Morgan fingerprint density at radius 2 is 1.55 bits per heavy atom. The molecule has 0 saturated heterocycles. The third-order valence-electron chi connectivity index (χ3n) is 6.16. The van der Waals surface area contributed by atoms with E-state index >= 15 is 0 Å². The van der Waals surface area contributed by atoms with Gasteiger partial charge < -0.3 is 14.6 Å². The van der Waals surface area contributed by atoms with Crippen LogP contribution < -0.4 is 0 Å². The van der Waals surface area contributed by atoms with Crippen molar-refractivity contribution >= 4 is 11.9 Å². The highest BCUT2D eigenvalue weighted by Crippen LogP contribution is 2.64. The van der Waals surface area contributed by atoms with Crippen molar-refractivity contribution in [1.29, 1.82) is 0 Å². The van der Waals surface area contributed by atoms with Gasteiger partial charge >= 0.3 is 11.9 Å². The van der Waals surface area contributed by atoms with E-state index in [4.69, 9.17) is 9.84 Å². The standard InChI is InChI=1S/C17H26O5/c1-16(2,22-15(20)10-21-14(19)9-18)17-6-11-3-12(7-17)5-13(4-11)8-17/h11-13,18H,3-10H2,1-2H3. The molecule has 124 valence electrons. The van der Waals surface area contributed by atoms with Crippen LogP contribution in [0.1, 0.15) is 52.4 Å². The molecule has 0 aromatic rings. The smallest absolute Gasteiger partial charge is 0.344 e. The first-order valence-corrected chi connectivity index (χ1v) is 8.32. The van der Waals surface area contributed by atoms with Gasteiger partial charge in [0.2, 0.25) is 0 Å². The molecule has 1 N–H and O–H groups in total. The van der Waals surface area contributed by atoms with Gasteiger partial charge in [0, 0.05) is 5.41 Å². The molecular weight excluding hydrogens is 284 g/mol. The van der Waals surface area contributed by atoms with Crippen LogP contribution in [0.3, 0.4) is 0 Å². The third-order valence-corrected chi connectivity index (χ3v) is 6.16. The molecule has 0 atom stereocenters. The molecule has 0 radical (unpaired) electrons. The van der Waals surface area contributed by atoms with E-state index in [0.717, 1.165) is 37.0 Å². The lowest BCUT2D eigenvalue weighted by molar-refractivity contribution is -0.202. The number of carbonyl (C=O) groups excluding carboxylic acids is 2. The molecule has 4 fully saturated rings. The van der Waals surface area contributed by atoms with Crippen molar-refractivity contribution < 1.29 is 24.2 Å². The van der Waals surface area contributed by atoms with Crippen molar-refractivity contribution in [2.45, 2.75) is 58.0 Å². The average Bonchev–Trinajstić information content (AvgIpc) is 2.42. The second-order valence-electron chi connectivity index (χ2n) is 8.00. The van der Waals surface area contributed by atoms with Crippen molar-refractivity contribution in [2.24, 2.45) is 23.2 Å². The highest BCUT2D eigenvalue weighted by atomic mass is 16.6. The Morgan fingerprint density at radius 1 is 1.05 bits per heavy atom. The molecule has 0 heterocycles. The van der Waals surface area contributed by atoms with Crippen molar-refractivity contribution in [3.63, 3.8) is 0 Å². The molecular formula is C17H26O5. The Morgan fingerprint density at radius 3 is 2.00 bits per heavy atom. The van der Waals surface area contributed by atoms with Crippen molar-refractivity contribution in [3.05, 3.63) is 0 Å². The monoisotopic (exact) mass is 310 g/mol. The fourth-order valence-corrected chi connectivity index (χ4v) is 5.46. The first kappa shape index (κ1) is 15.8. The lowest BCUT2D eigenvalue weighted by Crippen LogP contribution is -2.57. The Balaban J connectivity index is 1.65. The fourth-order valence-electron chi connectivity index (χ4n) is 5.46. The van der Waals surface area contributed by atoms with E-state index < -0.39 is 30.8 Å². The molecule has 4 aliphatic rings. The van der Waals surface area contributed by atoms with Gasteiger partial charge in [-0.15, -0.1) is 0 Å². The molecule has 0 aromatic heterocycles. The van der Waals surface area contributed by atoms with Crippen LogP contribution in [0, 0.1) is 23.2 Å². The number of rotatable bonds is 5. The molecule has 0 aliphatic heterocycles. The molecule has 0 amide bonds. The van der Waals surface area contributed by atoms with Gasteiger partial charge in [-0.05, 0) is 70.1 Å². The summed E-state index contributed by atoms with van der Waals surface area (Å²) in [5.41, 5.74) is -0.454. The minimum atomic E-state index is -0.801. The molecule has 0 aromatic carbocycles. The number of hydrogen-bond acceptors (Lipinski definition) is 5. The van der Waals surface area contributed by atoms with E-state index in [2.05, 4.69) is 4.74 Å². The third kappa shape index (κ3) is 2.75. The van der Waals surface area contributed by atoms with Gasteiger partial charge in [-0.2, -0.15) is 0 Å². The van der Waals surface area contributed by atoms with Gasteiger partial charge in [0.1, 0.15) is 12.2 Å². The normalized spacial score (nSPS) is 36.2. The second-order valence-corrected chi connectivity index (χ2v) is 8.00. The van der Waals surface area contributed by atoms with E-state index in [0.29, 0.717) is 0 Å². The number of aliphatic hydroxyl groups excluding tert-OH is 1. The maximum Gasteiger partial charge on any atom is 0.344 e. The van der Waals surface area contributed by atoms with Crippen LogP contribution in [0.25, 0.3) is 0 Å². The molecule has 22 heavy (non-hydrogen) atoms. The average molecular weight is 310 g/mol. The Hall–Kier alpha value is -1.10. The zero-order valence-electron chi connectivity index (χ0n) is 13.5. The summed E-state index contributed by atoms with van der Waals surface area (Å²) in [6, 6.07) is 0. The van der Waals surface area contributed by atoms with Crippen LogP contribution in [0.5, 0.6) is 0 Å². The minimum absolute atomic E-state index is 0.0817. The molecule has 5 nitrogen and oxygen atoms in total. The SMILES string of the molecule is CC(C)(OC(=O)COC(=O)CO)C12CC3CC(CC(C3)C1)C2. The van der Waals surface area contributed by atoms with Crippen LogP contribution in [-0.2, 0) is 19.1 Å². The van der Waals surface area contributed by atoms with Crippen LogP contribution in [0.15, 0.2) is 0 Å². The Kier molecular flexibility index (Phi) is 3.96. The van der Waals surface area contributed by atoms with Crippen LogP contribution in [-0.4, -0.2) is 35.9 Å². The molecule has 5 heteroatoms. The van der Waals surface area contributed by atoms with Gasteiger partial charge in [-0.3, -0.25) is 0 Å². The Bertz CT molecular complexity index is 432. The summed E-state index contributed by atoms with van der Waals surface area (Å²) in [5, 5.41) is 8.61. The quantitative estimate of drug-likeness (QED) is 0.787. The van der Waals surface area contributed by atoms with E-state index in [9.17, 15) is 9.59 Å². The highest BCUT2D eigenvalue weighted by molar-refractivity contribution is 5.77. The number of esters is 2. The van der Waals surface area contributed by atoms with Crippen molar-refractivity contribution in [3.8, 4) is 0 Å². The number of hydrogen-bond donors (Lipinski definition) is 1. The number of ether oxygens (including phenoxy) is 2. The first-order chi connectivity index (χ1) is 10.3. The predicted octanol–water partition coefficient (Wildman–Crippen LogP) is 2.06. The summed E-state index contributed by atoms with van der Waals surface area (Å²) in [5.74, 6) is 1.04. The van der Waals surface area contributed by atoms with Gasteiger partial charge in [0.05, 0.1) is 0 Å². The van der Waals surface area contributed by atoms with Crippen LogP contribution in [0.4, 0.5) is 0 Å². The molecule has 4 rings (SSSR count). The maximum absolute atomic E-state index is 12.0. The van der Waals surface area contributed by atoms with E-state index in [1.54, 1.807) is 0 Å². The zero-order valence-corrected chi connectivity index (χ0v) is 13.5. The van der Waals surface area contributed by atoms with Gasteiger partial charge in [-0.25, -0.2) is 9.59 Å².